The summed E-state index contributed by atoms with van der Waals surface area (Å²) in [6.45, 7) is 12.8. The van der Waals surface area contributed by atoms with Gasteiger partial charge >= 0.3 is 6.09 Å². The number of piperidine rings is 1. The Kier molecular flexibility index (Phi) is 11.2. The molecule has 5 rings (SSSR count). The number of halogens is 1. The molecule has 1 N–H and O–H groups in total. The maximum Gasteiger partial charge on any atom is 0.410 e. The monoisotopic (exact) mass is 694 g/mol. The number of likely N-dealkylation sites (tertiary alicyclic amines) is 1. The number of ether oxygens (including phenoxy) is 1. The first-order chi connectivity index (χ1) is 23.5. The second kappa shape index (κ2) is 14.9. The van der Waals surface area contributed by atoms with Crippen LogP contribution < -0.4 is 5.56 Å². The summed E-state index contributed by atoms with van der Waals surface area (Å²) in [6.07, 6.45) is 8.23. The lowest BCUT2D eigenvalue weighted by molar-refractivity contribution is -0.157. The van der Waals surface area contributed by atoms with Crippen LogP contribution >= 0.6 is 0 Å². The highest BCUT2D eigenvalue weighted by atomic mass is 19.1. The van der Waals surface area contributed by atoms with Crippen molar-refractivity contribution in [2.45, 2.75) is 104 Å². The van der Waals surface area contributed by atoms with Gasteiger partial charge in [-0.1, -0.05) is 71.1 Å². The van der Waals surface area contributed by atoms with Crippen LogP contribution in [0.3, 0.4) is 0 Å². The lowest BCUT2D eigenvalue weighted by Crippen LogP contribution is -2.61. The molecule has 0 spiro atoms. The standard InChI is InChI=1S/C39H55FN4O6/c1-27(22-28-12-8-7-9-13-28)34(46)43-17-16-39(49,38(5,6)25-43)26-44-24-31(30(23-33(44)45)29-14-10-11-15-32(29)40)35(47)41-18-20-42(21-19-41)36(48)50-37(2,3)4/h10-11,14-15,23-24,27-28,49H,7-9,12-13,16-22,25-26H2,1-6H3/t27?,39-/m1/s1. The largest absolute Gasteiger partial charge is 0.444 e. The average molecular weight is 695 g/mol. The van der Waals surface area contributed by atoms with Crippen molar-refractivity contribution in [1.29, 1.82) is 0 Å². The number of hydrogen-bond donors (Lipinski definition) is 1. The van der Waals surface area contributed by atoms with E-state index >= 15 is 4.39 Å². The van der Waals surface area contributed by atoms with Gasteiger partial charge in [-0.3, -0.25) is 14.4 Å². The van der Waals surface area contributed by atoms with Gasteiger partial charge in [0.2, 0.25) is 5.91 Å². The molecule has 1 unspecified atom stereocenters. The zero-order chi connectivity index (χ0) is 36.4. The lowest BCUT2D eigenvalue weighted by Gasteiger charge is -2.51. The third-order valence-electron chi connectivity index (χ3n) is 11.0. The number of aliphatic hydroxyl groups is 1. The normalized spacial score (nSPS) is 22.3. The molecule has 1 aromatic heterocycles. The number of nitrogens with zero attached hydrogens (tertiary/aromatic N) is 4. The van der Waals surface area contributed by atoms with E-state index in [2.05, 4.69) is 0 Å². The van der Waals surface area contributed by atoms with E-state index in [1.54, 1.807) is 42.7 Å². The minimum atomic E-state index is -1.36. The topological polar surface area (TPSA) is 112 Å². The smallest absolute Gasteiger partial charge is 0.410 e. The molecule has 2 aliphatic heterocycles. The van der Waals surface area contributed by atoms with E-state index in [0.29, 0.717) is 19.0 Å². The Morgan fingerprint density at radius 2 is 1.60 bits per heavy atom. The fourth-order valence-corrected chi connectivity index (χ4v) is 7.82. The number of carbonyl (C=O) groups excluding carboxylic acids is 3. The molecule has 274 valence electrons. The van der Waals surface area contributed by atoms with Crippen molar-refractivity contribution in [2.24, 2.45) is 17.3 Å². The highest BCUT2D eigenvalue weighted by Gasteiger charge is 2.49. The van der Waals surface area contributed by atoms with Crippen LogP contribution in [0.5, 0.6) is 0 Å². The van der Waals surface area contributed by atoms with Crippen molar-refractivity contribution in [3.05, 3.63) is 58.3 Å². The van der Waals surface area contributed by atoms with Crippen LogP contribution in [-0.2, 0) is 16.1 Å². The Morgan fingerprint density at radius 3 is 2.22 bits per heavy atom. The van der Waals surface area contributed by atoms with Gasteiger partial charge in [0.05, 0.1) is 17.7 Å². The Hall–Kier alpha value is -3.73. The predicted molar refractivity (Wildman–Crippen MR) is 190 cm³/mol. The summed E-state index contributed by atoms with van der Waals surface area (Å²) in [5, 5.41) is 12.1. The molecule has 3 heterocycles. The van der Waals surface area contributed by atoms with E-state index in [0.717, 1.165) is 6.42 Å². The molecule has 2 atom stereocenters. The van der Waals surface area contributed by atoms with Crippen molar-refractivity contribution in [2.75, 3.05) is 39.3 Å². The summed E-state index contributed by atoms with van der Waals surface area (Å²) in [5.41, 5.74) is -2.83. The van der Waals surface area contributed by atoms with Gasteiger partial charge in [0.15, 0.2) is 0 Å². The zero-order valence-corrected chi connectivity index (χ0v) is 30.7. The molecule has 1 saturated carbocycles. The van der Waals surface area contributed by atoms with E-state index in [1.165, 1.54) is 61.1 Å². The van der Waals surface area contributed by atoms with Gasteiger partial charge in [0.25, 0.3) is 11.5 Å². The number of hydrogen-bond acceptors (Lipinski definition) is 6. The Bertz CT molecular complexity index is 1620. The highest BCUT2D eigenvalue weighted by molar-refractivity contribution is 6.00. The minimum absolute atomic E-state index is 0.0896. The molecule has 1 aliphatic carbocycles. The van der Waals surface area contributed by atoms with Crippen LogP contribution in [0, 0.1) is 23.1 Å². The maximum atomic E-state index is 15.1. The van der Waals surface area contributed by atoms with Gasteiger partial charge in [-0.2, -0.15) is 0 Å². The number of aromatic nitrogens is 1. The fourth-order valence-electron chi connectivity index (χ4n) is 7.82. The quantitative estimate of drug-likeness (QED) is 0.384. The Balaban J connectivity index is 1.36. The minimum Gasteiger partial charge on any atom is -0.444 e. The van der Waals surface area contributed by atoms with E-state index in [4.69, 9.17) is 4.74 Å². The lowest BCUT2D eigenvalue weighted by atomic mass is 9.69. The van der Waals surface area contributed by atoms with Gasteiger partial charge in [-0.15, -0.1) is 0 Å². The molecule has 3 amide bonds. The van der Waals surface area contributed by atoms with Crippen LogP contribution in [0.4, 0.5) is 9.18 Å². The molecule has 1 aromatic carbocycles. The fraction of sp³-hybridized carbons (Fsp3) is 0.641. The van der Waals surface area contributed by atoms with Crippen LogP contribution in [0.25, 0.3) is 11.1 Å². The van der Waals surface area contributed by atoms with E-state index in [-0.39, 0.29) is 67.7 Å². The molecule has 3 aliphatic rings. The van der Waals surface area contributed by atoms with Crippen LogP contribution in [-0.4, -0.2) is 92.8 Å². The van der Waals surface area contributed by atoms with E-state index in [1.807, 2.05) is 25.7 Å². The summed E-state index contributed by atoms with van der Waals surface area (Å²) in [7, 11) is 0. The maximum absolute atomic E-state index is 15.1. The van der Waals surface area contributed by atoms with Crippen LogP contribution in [0.1, 0.15) is 96.8 Å². The Labute approximate surface area is 295 Å². The molecule has 2 saturated heterocycles. The summed E-state index contributed by atoms with van der Waals surface area (Å²) >= 11 is 0. The van der Waals surface area contributed by atoms with Crippen molar-refractivity contribution < 1.29 is 28.6 Å². The first kappa shape index (κ1) is 37.5. The first-order valence-electron chi connectivity index (χ1n) is 18.3. The molecule has 2 aromatic rings. The summed E-state index contributed by atoms with van der Waals surface area (Å²) in [5.74, 6) is -0.366. The van der Waals surface area contributed by atoms with Crippen LogP contribution in [0.2, 0.25) is 0 Å². The Morgan fingerprint density at radius 1 is 0.960 bits per heavy atom. The van der Waals surface area contributed by atoms with Crippen molar-refractivity contribution >= 4 is 17.9 Å². The van der Waals surface area contributed by atoms with Gasteiger partial charge in [-0.05, 0) is 45.6 Å². The second-order valence-electron chi connectivity index (χ2n) is 16.4. The van der Waals surface area contributed by atoms with Gasteiger partial charge in [0.1, 0.15) is 11.4 Å². The average Bonchev–Trinajstić information content (AvgIpc) is 3.06. The third kappa shape index (κ3) is 8.41. The molecular weight excluding hydrogens is 639 g/mol. The van der Waals surface area contributed by atoms with Crippen molar-refractivity contribution in [1.82, 2.24) is 19.3 Å². The number of amides is 3. The first-order valence-corrected chi connectivity index (χ1v) is 18.3. The van der Waals surface area contributed by atoms with E-state index < -0.39 is 40.0 Å². The van der Waals surface area contributed by atoms with Crippen molar-refractivity contribution in [3.63, 3.8) is 0 Å². The number of carbonyl (C=O) groups is 3. The SMILES string of the molecule is CC(CC1CCCCC1)C(=O)N1CC[C@@](O)(Cn2cc(C(=O)N3CCN(C(=O)OC(C)(C)C)CC3)c(-c3ccccc3F)cc2=O)C(C)(C)C1. The van der Waals surface area contributed by atoms with Crippen molar-refractivity contribution in [3.8, 4) is 11.1 Å². The highest BCUT2D eigenvalue weighted by Crippen LogP contribution is 2.41. The predicted octanol–water partition coefficient (Wildman–Crippen LogP) is 5.94. The molecular formula is C39H55FN4O6. The van der Waals surface area contributed by atoms with Gasteiger partial charge in [0, 0.05) is 74.0 Å². The summed E-state index contributed by atoms with van der Waals surface area (Å²) in [6, 6.07) is 7.27. The van der Waals surface area contributed by atoms with Crippen LogP contribution in [0.15, 0.2) is 41.3 Å². The summed E-state index contributed by atoms with van der Waals surface area (Å²) < 4.78 is 22.0. The zero-order valence-electron chi connectivity index (χ0n) is 30.7. The number of pyridine rings is 1. The molecule has 0 radical (unpaired) electrons. The molecule has 3 fully saturated rings. The van der Waals surface area contributed by atoms with Gasteiger partial charge < -0.3 is 29.1 Å². The number of benzene rings is 1. The molecule has 0 bridgehead atoms. The molecule has 10 nitrogen and oxygen atoms in total. The van der Waals surface area contributed by atoms with E-state index in [9.17, 15) is 24.3 Å². The third-order valence-corrected chi connectivity index (χ3v) is 11.0. The molecule has 11 heteroatoms. The van der Waals surface area contributed by atoms with Gasteiger partial charge in [-0.25, -0.2) is 9.18 Å². The summed E-state index contributed by atoms with van der Waals surface area (Å²) in [4.78, 5) is 59.0. The number of rotatable bonds is 7. The number of piperazine rings is 1. The molecule has 50 heavy (non-hydrogen) atoms. The second-order valence-corrected chi connectivity index (χ2v) is 16.4.